The number of hydrogen-bond acceptors (Lipinski definition) is 6. The normalized spacial score (nSPS) is 19.0. The summed E-state index contributed by atoms with van der Waals surface area (Å²) in [7, 11) is 0. The molecule has 0 spiro atoms. The van der Waals surface area contributed by atoms with Crippen molar-refractivity contribution in [3.63, 3.8) is 0 Å². The Balaban J connectivity index is 1.67. The maximum atomic E-state index is 11.9. The Morgan fingerprint density at radius 2 is 2.52 bits per heavy atom. The van der Waals surface area contributed by atoms with Crippen molar-refractivity contribution < 1.29 is 14.1 Å². The summed E-state index contributed by atoms with van der Waals surface area (Å²) in [6.45, 7) is 3.78. The summed E-state index contributed by atoms with van der Waals surface area (Å²) in [5.41, 5.74) is 0.856. The Bertz CT molecular complexity index is 594. The molecule has 1 aliphatic rings. The van der Waals surface area contributed by atoms with E-state index in [9.17, 15) is 4.79 Å². The lowest BCUT2D eigenvalue weighted by atomic mass is 10.2. The van der Waals surface area contributed by atoms with E-state index in [2.05, 4.69) is 10.1 Å². The number of carbonyl (C=O) groups excluding carboxylic acids is 1. The molecule has 0 aliphatic carbocycles. The Hall–Kier alpha value is -1.66. The van der Waals surface area contributed by atoms with Gasteiger partial charge in [-0.1, -0.05) is 11.2 Å². The number of aromatic nitrogens is 1. The van der Waals surface area contributed by atoms with E-state index >= 15 is 0 Å². The average molecular weight is 306 g/mol. The van der Waals surface area contributed by atoms with Gasteiger partial charge in [-0.3, -0.25) is 9.69 Å². The number of nitrogens with zero attached hydrogens (tertiary/aromatic N) is 2. The van der Waals surface area contributed by atoms with Crippen LogP contribution in [0.5, 0.6) is 0 Å². The van der Waals surface area contributed by atoms with Crippen molar-refractivity contribution in [1.29, 1.82) is 0 Å². The number of likely N-dealkylation sites (tertiary alicyclic amines) is 1. The van der Waals surface area contributed by atoms with Gasteiger partial charge in [0.2, 0.25) is 0 Å². The van der Waals surface area contributed by atoms with Crippen molar-refractivity contribution in [3.05, 3.63) is 29.3 Å². The fourth-order valence-electron chi connectivity index (χ4n) is 2.65. The third-order valence-corrected chi connectivity index (χ3v) is 4.49. The van der Waals surface area contributed by atoms with Crippen molar-refractivity contribution in [1.82, 2.24) is 10.1 Å². The zero-order chi connectivity index (χ0) is 14.7. The van der Waals surface area contributed by atoms with Crippen LogP contribution in [0.1, 0.15) is 25.5 Å². The highest BCUT2D eigenvalue weighted by Crippen LogP contribution is 2.27. The van der Waals surface area contributed by atoms with Gasteiger partial charge in [-0.2, -0.15) is 0 Å². The standard InChI is InChI=1S/C15H18N2O3S/c1-2-19-15(18)12-5-3-7-17(12)10-11-9-13(20-16-11)14-6-4-8-21-14/h4,6,8-9,12H,2-3,5,7,10H2,1H3. The van der Waals surface area contributed by atoms with Gasteiger partial charge in [0.05, 0.1) is 17.2 Å². The molecule has 1 aliphatic heterocycles. The lowest BCUT2D eigenvalue weighted by molar-refractivity contribution is -0.148. The van der Waals surface area contributed by atoms with Gasteiger partial charge in [-0.25, -0.2) is 0 Å². The van der Waals surface area contributed by atoms with Crippen LogP contribution in [0.25, 0.3) is 10.6 Å². The minimum atomic E-state index is -0.146. The van der Waals surface area contributed by atoms with Gasteiger partial charge < -0.3 is 9.26 Å². The highest BCUT2D eigenvalue weighted by Gasteiger charge is 2.32. The van der Waals surface area contributed by atoms with Crippen molar-refractivity contribution in [2.24, 2.45) is 0 Å². The highest BCUT2D eigenvalue weighted by atomic mass is 32.1. The first-order valence-electron chi connectivity index (χ1n) is 7.18. The second-order valence-corrected chi connectivity index (χ2v) is 5.99. The number of carbonyl (C=O) groups is 1. The van der Waals surface area contributed by atoms with E-state index in [1.807, 2.05) is 30.5 Å². The summed E-state index contributed by atoms with van der Waals surface area (Å²) < 4.78 is 10.5. The predicted octanol–water partition coefficient (Wildman–Crippen LogP) is 2.93. The van der Waals surface area contributed by atoms with Gasteiger partial charge in [0.25, 0.3) is 0 Å². The van der Waals surface area contributed by atoms with Gasteiger partial charge in [-0.15, -0.1) is 11.3 Å². The molecule has 5 nitrogen and oxygen atoms in total. The van der Waals surface area contributed by atoms with Crippen LogP contribution in [-0.2, 0) is 16.1 Å². The van der Waals surface area contributed by atoms with E-state index in [0.29, 0.717) is 13.2 Å². The van der Waals surface area contributed by atoms with Crippen LogP contribution in [0, 0.1) is 0 Å². The number of esters is 1. The molecule has 21 heavy (non-hydrogen) atoms. The molecule has 1 fully saturated rings. The SMILES string of the molecule is CCOC(=O)C1CCCN1Cc1cc(-c2cccs2)on1. The summed E-state index contributed by atoms with van der Waals surface area (Å²) >= 11 is 1.62. The van der Waals surface area contributed by atoms with E-state index in [-0.39, 0.29) is 12.0 Å². The molecule has 0 radical (unpaired) electrons. The Kier molecular flexibility index (Phi) is 4.36. The monoisotopic (exact) mass is 306 g/mol. The fourth-order valence-corrected chi connectivity index (χ4v) is 3.32. The first-order chi connectivity index (χ1) is 10.3. The van der Waals surface area contributed by atoms with Gasteiger partial charge in [0.15, 0.2) is 5.76 Å². The topological polar surface area (TPSA) is 55.6 Å². The van der Waals surface area contributed by atoms with Crippen LogP contribution in [0.3, 0.4) is 0 Å². The minimum Gasteiger partial charge on any atom is -0.465 e. The van der Waals surface area contributed by atoms with Gasteiger partial charge in [0, 0.05) is 12.6 Å². The summed E-state index contributed by atoms with van der Waals surface area (Å²) in [6, 6.07) is 5.80. The highest BCUT2D eigenvalue weighted by molar-refractivity contribution is 7.13. The quantitative estimate of drug-likeness (QED) is 0.795. The van der Waals surface area contributed by atoms with Crippen molar-refractivity contribution in [2.45, 2.75) is 32.4 Å². The van der Waals surface area contributed by atoms with Crippen molar-refractivity contribution >= 4 is 17.3 Å². The lowest BCUT2D eigenvalue weighted by Crippen LogP contribution is -2.36. The molecule has 0 N–H and O–H groups in total. The van der Waals surface area contributed by atoms with Gasteiger partial charge in [0.1, 0.15) is 6.04 Å². The van der Waals surface area contributed by atoms with E-state index in [0.717, 1.165) is 35.7 Å². The largest absolute Gasteiger partial charge is 0.465 e. The molecule has 1 saturated heterocycles. The van der Waals surface area contributed by atoms with E-state index in [1.54, 1.807) is 11.3 Å². The van der Waals surface area contributed by atoms with Crippen LogP contribution < -0.4 is 0 Å². The zero-order valence-electron chi connectivity index (χ0n) is 11.9. The molecule has 112 valence electrons. The lowest BCUT2D eigenvalue weighted by Gasteiger charge is -2.21. The molecule has 3 heterocycles. The Morgan fingerprint density at radius 1 is 1.62 bits per heavy atom. The third-order valence-electron chi connectivity index (χ3n) is 3.61. The molecule has 0 amide bonds. The maximum Gasteiger partial charge on any atom is 0.323 e. The molecule has 0 bridgehead atoms. The molecule has 1 unspecified atom stereocenters. The molecule has 0 saturated carbocycles. The van der Waals surface area contributed by atoms with Gasteiger partial charge in [-0.05, 0) is 37.8 Å². The zero-order valence-corrected chi connectivity index (χ0v) is 12.8. The van der Waals surface area contributed by atoms with Crippen LogP contribution in [0.2, 0.25) is 0 Å². The molecule has 6 heteroatoms. The fraction of sp³-hybridized carbons (Fsp3) is 0.467. The number of thiophene rings is 1. The average Bonchev–Trinajstić information content (AvgIpc) is 3.20. The van der Waals surface area contributed by atoms with E-state index in [1.165, 1.54) is 0 Å². The maximum absolute atomic E-state index is 11.9. The minimum absolute atomic E-state index is 0.128. The third kappa shape index (κ3) is 3.16. The van der Waals surface area contributed by atoms with Crippen LogP contribution >= 0.6 is 11.3 Å². The second kappa shape index (κ2) is 6.41. The number of hydrogen-bond donors (Lipinski definition) is 0. The summed E-state index contributed by atoms with van der Waals surface area (Å²) in [5, 5.41) is 6.12. The number of rotatable bonds is 5. The molecule has 2 aromatic rings. The van der Waals surface area contributed by atoms with Gasteiger partial charge >= 0.3 is 5.97 Å². The van der Waals surface area contributed by atoms with E-state index in [4.69, 9.17) is 9.26 Å². The van der Waals surface area contributed by atoms with Crippen molar-refractivity contribution in [3.8, 4) is 10.6 Å². The van der Waals surface area contributed by atoms with Crippen LogP contribution in [0.4, 0.5) is 0 Å². The summed E-state index contributed by atoms with van der Waals surface area (Å²) in [6.07, 6.45) is 1.87. The van der Waals surface area contributed by atoms with Crippen LogP contribution in [0.15, 0.2) is 28.1 Å². The molecular formula is C15H18N2O3S. The smallest absolute Gasteiger partial charge is 0.323 e. The Labute approximate surface area is 127 Å². The molecule has 0 aromatic carbocycles. The number of ether oxygens (including phenoxy) is 1. The van der Waals surface area contributed by atoms with Crippen LogP contribution in [-0.4, -0.2) is 35.2 Å². The van der Waals surface area contributed by atoms with E-state index < -0.39 is 0 Å². The summed E-state index contributed by atoms with van der Waals surface area (Å²) in [4.78, 5) is 15.1. The second-order valence-electron chi connectivity index (χ2n) is 5.04. The first kappa shape index (κ1) is 14.3. The molecular weight excluding hydrogens is 288 g/mol. The molecule has 2 aromatic heterocycles. The summed E-state index contributed by atoms with van der Waals surface area (Å²) in [5.74, 6) is 0.656. The molecule has 3 rings (SSSR count). The first-order valence-corrected chi connectivity index (χ1v) is 8.06. The molecule has 1 atom stereocenters. The van der Waals surface area contributed by atoms with Crippen molar-refractivity contribution in [2.75, 3.05) is 13.2 Å². The predicted molar refractivity (Wildman–Crippen MR) is 79.9 cm³/mol. The Morgan fingerprint density at radius 3 is 3.29 bits per heavy atom.